The highest BCUT2D eigenvalue weighted by atomic mass is 35.5. The predicted molar refractivity (Wildman–Crippen MR) is 129 cm³/mol. The van der Waals surface area contributed by atoms with Crippen LogP contribution in [0.1, 0.15) is 29.9 Å². The van der Waals surface area contributed by atoms with Crippen molar-refractivity contribution in [1.82, 2.24) is 24.1 Å². The van der Waals surface area contributed by atoms with E-state index in [1.165, 1.54) is 10.1 Å². The Morgan fingerprint density at radius 3 is 2.79 bits per heavy atom. The summed E-state index contributed by atoms with van der Waals surface area (Å²) in [7, 11) is 0. The number of hydrogen-bond donors (Lipinski definition) is 0. The van der Waals surface area contributed by atoms with Crippen molar-refractivity contribution in [1.29, 1.82) is 0 Å². The van der Waals surface area contributed by atoms with Crippen LogP contribution in [0.15, 0.2) is 53.6 Å². The third kappa shape index (κ3) is 3.45. The van der Waals surface area contributed by atoms with Crippen molar-refractivity contribution in [3.63, 3.8) is 0 Å². The molecule has 5 heterocycles. The fourth-order valence-electron chi connectivity index (χ4n) is 4.30. The molecule has 0 saturated carbocycles. The van der Waals surface area contributed by atoms with Crippen molar-refractivity contribution >= 4 is 38.8 Å². The highest BCUT2D eigenvalue weighted by Crippen LogP contribution is 2.40. The van der Waals surface area contributed by atoms with Crippen molar-refractivity contribution in [3.05, 3.63) is 80.3 Å². The lowest BCUT2D eigenvalue weighted by Gasteiger charge is -2.30. The van der Waals surface area contributed by atoms with E-state index >= 15 is 0 Å². The lowest BCUT2D eigenvalue weighted by molar-refractivity contribution is -0.0379. The van der Waals surface area contributed by atoms with Crippen molar-refractivity contribution in [3.8, 4) is 11.4 Å². The van der Waals surface area contributed by atoms with Gasteiger partial charge in [0.25, 0.3) is 0 Å². The minimum atomic E-state index is -0.290. The lowest BCUT2D eigenvalue weighted by atomic mass is 9.94. The topological polar surface area (TPSA) is 74.3 Å². The molecule has 0 fully saturated rings. The minimum absolute atomic E-state index is 0.228. The first-order chi connectivity index (χ1) is 15.9. The lowest BCUT2D eigenvalue weighted by Crippen LogP contribution is -2.31. The zero-order valence-electron chi connectivity index (χ0n) is 18.1. The second-order valence-corrected chi connectivity index (χ2v) is 10.3. The monoisotopic (exact) mass is 477 g/mol. The largest absolute Gasteiger partial charge is 0.370 e. The fraction of sp³-hybridized carbons (Fsp3) is 0.250. The molecule has 0 aliphatic carbocycles. The summed E-state index contributed by atoms with van der Waals surface area (Å²) in [4.78, 5) is 24.7. The fourth-order valence-corrected chi connectivity index (χ4v) is 5.64. The molecule has 166 valence electrons. The van der Waals surface area contributed by atoms with Crippen LogP contribution in [0.25, 0.3) is 27.3 Å². The van der Waals surface area contributed by atoms with Gasteiger partial charge in [0, 0.05) is 34.3 Å². The number of nitrogens with zero attached hydrogens (tertiary/aromatic N) is 5. The summed E-state index contributed by atoms with van der Waals surface area (Å²) in [6.45, 7) is 5.11. The van der Waals surface area contributed by atoms with E-state index < -0.39 is 0 Å². The van der Waals surface area contributed by atoms with Gasteiger partial charge in [-0.2, -0.15) is 4.52 Å². The van der Waals surface area contributed by atoms with Crippen LogP contribution in [0.5, 0.6) is 0 Å². The van der Waals surface area contributed by atoms with E-state index in [-0.39, 0.29) is 11.3 Å². The molecular formula is C24H20ClN5O2S. The molecule has 0 spiro atoms. The second-order valence-electron chi connectivity index (χ2n) is 8.82. The molecule has 0 bridgehead atoms. The van der Waals surface area contributed by atoms with Crippen LogP contribution < -0.4 is 5.69 Å². The molecule has 6 rings (SSSR count). The smallest absolute Gasteiger partial charge is 0.352 e. The summed E-state index contributed by atoms with van der Waals surface area (Å²) in [5, 5.41) is 6.24. The molecule has 1 aromatic carbocycles. The Hall–Kier alpha value is -3.07. The molecule has 0 atom stereocenters. The van der Waals surface area contributed by atoms with Gasteiger partial charge in [-0.25, -0.2) is 9.78 Å². The van der Waals surface area contributed by atoms with Gasteiger partial charge >= 0.3 is 5.69 Å². The van der Waals surface area contributed by atoms with Crippen molar-refractivity contribution in [2.24, 2.45) is 0 Å². The number of fused-ring (bicyclic) bond motifs is 5. The van der Waals surface area contributed by atoms with Gasteiger partial charge in [-0.1, -0.05) is 23.7 Å². The summed E-state index contributed by atoms with van der Waals surface area (Å²) in [6.07, 6.45) is 4.15. The summed E-state index contributed by atoms with van der Waals surface area (Å²) < 4.78 is 9.27. The average Bonchev–Trinajstić information content (AvgIpc) is 3.40. The molecule has 9 heteroatoms. The first-order valence-electron chi connectivity index (χ1n) is 10.6. The number of pyridine rings is 1. The maximum atomic E-state index is 13.7. The Labute approximate surface area is 198 Å². The van der Waals surface area contributed by atoms with E-state index in [9.17, 15) is 4.79 Å². The number of hydrogen-bond acceptors (Lipinski definition) is 6. The number of ether oxygens (including phenoxy) is 1. The van der Waals surface area contributed by atoms with Gasteiger partial charge in [-0.05, 0) is 49.2 Å². The molecule has 1 aliphatic rings. The SMILES string of the molecule is CC1(C)Cc2c(sc3c2c2nc(-c4cccnc4)nn2c(=O)n3Cc2ccc(Cl)cc2)CO1. The number of halogens is 1. The summed E-state index contributed by atoms with van der Waals surface area (Å²) in [5.74, 6) is 0.483. The molecule has 0 saturated heterocycles. The van der Waals surface area contributed by atoms with Gasteiger partial charge < -0.3 is 4.74 Å². The number of rotatable bonds is 3. The highest BCUT2D eigenvalue weighted by molar-refractivity contribution is 7.19. The van der Waals surface area contributed by atoms with Crippen LogP contribution in [-0.4, -0.2) is 29.8 Å². The van der Waals surface area contributed by atoms with E-state index in [0.29, 0.717) is 29.6 Å². The number of benzene rings is 1. The number of thiophene rings is 1. The molecule has 0 radical (unpaired) electrons. The third-order valence-electron chi connectivity index (χ3n) is 5.93. The van der Waals surface area contributed by atoms with Crippen LogP contribution in [0.2, 0.25) is 5.02 Å². The second kappa shape index (κ2) is 7.48. The van der Waals surface area contributed by atoms with Gasteiger partial charge in [-0.15, -0.1) is 16.4 Å². The van der Waals surface area contributed by atoms with Crippen LogP contribution >= 0.6 is 22.9 Å². The molecule has 0 N–H and O–H groups in total. The molecular weight excluding hydrogens is 458 g/mol. The molecule has 33 heavy (non-hydrogen) atoms. The Kier molecular flexibility index (Phi) is 4.65. The van der Waals surface area contributed by atoms with E-state index in [0.717, 1.165) is 32.6 Å². The maximum absolute atomic E-state index is 13.7. The van der Waals surface area contributed by atoms with Crippen molar-refractivity contribution in [2.75, 3.05) is 0 Å². The highest BCUT2D eigenvalue weighted by Gasteiger charge is 2.32. The van der Waals surface area contributed by atoms with E-state index in [2.05, 4.69) is 23.9 Å². The van der Waals surface area contributed by atoms with E-state index in [4.69, 9.17) is 21.3 Å². The Balaban J connectivity index is 1.65. The van der Waals surface area contributed by atoms with Crippen LogP contribution in [0.3, 0.4) is 0 Å². The van der Waals surface area contributed by atoms with Gasteiger partial charge in [0.15, 0.2) is 11.5 Å². The van der Waals surface area contributed by atoms with Gasteiger partial charge in [0.05, 0.1) is 24.1 Å². The summed E-state index contributed by atoms with van der Waals surface area (Å²) in [5.41, 5.74) is 3.00. The Bertz CT molecular complexity index is 1570. The zero-order chi connectivity index (χ0) is 22.7. The first-order valence-corrected chi connectivity index (χ1v) is 11.8. The predicted octanol–water partition coefficient (Wildman–Crippen LogP) is 4.72. The molecule has 0 amide bonds. The molecule has 7 nitrogen and oxygen atoms in total. The molecule has 4 aromatic heterocycles. The van der Waals surface area contributed by atoms with Crippen LogP contribution in [-0.2, 0) is 24.3 Å². The van der Waals surface area contributed by atoms with Crippen molar-refractivity contribution in [2.45, 2.75) is 39.0 Å². The summed E-state index contributed by atoms with van der Waals surface area (Å²) >= 11 is 7.67. The van der Waals surface area contributed by atoms with Gasteiger partial charge in [-0.3, -0.25) is 9.55 Å². The molecule has 1 aliphatic heterocycles. The molecule has 5 aromatic rings. The average molecular weight is 478 g/mol. The van der Waals surface area contributed by atoms with E-state index in [1.807, 2.05) is 36.4 Å². The van der Waals surface area contributed by atoms with Crippen molar-refractivity contribution < 1.29 is 4.74 Å². The standard InChI is InChI=1S/C24H20ClN5O2S/c1-24(2)10-17-18(13-32-24)33-22-19(17)21-27-20(15-4-3-9-26-11-15)28-30(21)23(31)29(22)12-14-5-7-16(25)8-6-14/h3-9,11H,10,12-13H2,1-2H3. The maximum Gasteiger partial charge on any atom is 0.352 e. The Morgan fingerprint density at radius 1 is 1.21 bits per heavy atom. The van der Waals surface area contributed by atoms with Gasteiger partial charge in [0.1, 0.15) is 4.83 Å². The summed E-state index contributed by atoms with van der Waals surface area (Å²) in [6, 6.07) is 11.3. The zero-order valence-corrected chi connectivity index (χ0v) is 19.7. The normalized spacial score (nSPS) is 15.2. The first kappa shape index (κ1) is 20.5. The third-order valence-corrected chi connectivity index (χ3v) is 7.41. The minimum Gasteiger partial charge on any atom is -0.370 e. The number of aromatic nitrogens is 5. The van der Waals surface area contributed by atoms with E-state index in [1.54, 1.807) is 28.3 Å². The molecule has 0 unspecified atom stereocenters. The van der Waals surface area contributed by atoms with Crippen LogP contribution in [0.4, 0.5) is 0 Å². The quantitative estimate of drug-likeness (QED) is 0.376. The Morgan fingerprint density at radius 2 is 2.03 bits per heavy atom. The van der Waals surface area contributed by atoms with Crippen LogP contribution in [0, 0.1) is 0 Å². The van der Waals surface area contributed by atoms with Gasteiger partial charge in [0.2, 0.25) is 0 Å².